The number of nitrogens with zero attached hydrogens (tertiary/aromatic N) is 4. The van der Waals surface area contributed by atoms with E-state index in [0.717, 1.165) is 30.0 Å². The van der Waals surface area contributed by atoms with Crippen LogP contribution in [0.25, 0.3) is 5.69 Å². The summed E-state index contributed by atoms with van der Waals surface area (Å²) in [6.45, 7) is 4.05. The number of rotatable bonds is 3. The van der Waals surface area contributed by atoms with Gasteiger partial charge in [0.1, 0.15) is 5.82 Å². The van der Waals surface area contributed by atoms with Crippen molar-refractivity contribution in [3.63, 3.8) is 0 Å². The van der Waals surface area contributed by atoms with Gasteiger partial charge in [0.15, 0.2) is 0 Å². The first-order valence-corrected chi connectivity index (χ1v) is 5.63. The third kappa shape index (κ3) is 2.07. The maximum Gasteiger partial charge on any atom is 0.229 e. The lowest BCUT2D eigenvalue weighted by Crippen LogP contribution is -2.02. The van der Waals surface area contributed by atoms with E-state index in [1.807, 2.05) is 23.6 Å². The molecule has 0 aliphatic carbocycles. The molecule has 0 saturated carbocycles. The van der Waals surface area contributed by atoms with Crippen molar-refractivity contribution < 1.29 is 0 Å². The molecular weight excluding hydrogens is 224 g/mol. The Morgan fingerprint density at radius 2 is 2.12 bits per heavy atom. The molecule has 2 aromatic rings. The van der Waals surface area contributed by atoms with Gasteiger partial charge in [-0.15, -0.1) is 10.2 Å². The van der Waals surface area contributed by atoms with Crippen molar-refractivity contribution in [2.45, 2.75) is 26.7 Å². The fourth-order valence-corrected chi connectivity index (χ4v) is 1.76. The third-order valence-corrected chi connectivity index (χ3v) is 2.56. The van der Waals surface area contributed by atoms with Gasteiger partial charge in [-0.25, -0.2) is 0 Å². The van der Waals surface area contributed by atoms with Crippen LogP contribution in [0.4, 0.5) is 0 Å². The Balaban J connectivity index is 2.45. The fourth-order valence-electron chi connectivity index (χ4n) is 1.53. The van der Waals surface area contributed by atoms with Gasteiger partial charge in [0.2, 0.25) is 5.28 Å². The Labute approximate surface area is 99.3 Å². The first-order chi connectivity index (χ1) is 7.72. The molecular formula is C11H13ClN4. The van der Waals surface area contributed by atoms with E-state index in [1.165, 1.54) is 0 Å². The van der Waals surface area contributed by atoms with Crippen molar-refractivity contribution in [1.29, 1.82) is 0 Å². The summed E-state index contributed by atoms with van der Waals surface area (Å²) >= 11 is 6.02. The average Bonchev–Trinajstić information content (AvgIpc) is 2.62. The molecule has 0 spiro atoms. The fraction of sp³-hybridized carbons (Fsp3) is 0.364. The van der Waals surface area contributed by atoms with Gasteiger partial charge < -0.3 is 0 Å². The zero-order chi connectivity index (χ0) is 11.5. The molecule has 0 saturated heterocycles. The molecule has 0 aromatic carbocycles. The van der Waals surface area contributed by atoms with Crippen LogP contribution in [0.5, 0.6) is 0 Å². The van der Waals surface area contributed by atoms with E-state index in [4.69, 9.17) is 11.6 Å². The van der Waals surface area contributed by atoms with E-state index < -0.39 is 0 Å². The normalized spacial score (nSPS) is 10.7. The SMILES string of the molecule is CCCc1nnc(Cl)n1-c1ccc(C)nc1. The van der Waals surface area contributed by atoms with Crippen molar-refractivity contribution in [2.24, 2.45) is 0 Å². The van der Waals surface area contributed by atoms with E-state index in [0.29, 0.717) is 5.28 Å². The Kier molecular flexibility index (Phi) is 3.19. The highest BCUT2D eigenvalue weighted by Gasteiger charge is 2.11. The van der Waals surface area contributed by atoms with Crippen LogP contribution < -0.4 is 0 Å². The molecule has 16 heavy (non-hydrogen) atoms. The van der Waals surface area contributed by atoms with E-state index in [2.05, 4.69) is 22.1 Å². The van der Waals surface area contributed by atoms with Crippen molar-refractivity contribution in [3.8, 4) is 5.69 Å². The quantitative estimate of drug-likeness (QED) is 0.823. The summed E-state index contributed by atoms with van der Waals surface area (Å²) in [5.41, 5.74) is 1.88. The summed E-state index contributed by atoms with van der Waals surface area (Å²) in [6, 6.07) is 3.91. The van der Waals surface area contributed by atoms with Crippen LogP contribution >= 0.6 is 11.6 Å². The maximum atomic E-state index is 6.02. The molecule has 0 bridgehead atoms. The van der Waals surface area contributed by atoms with E-state index >= 15 is 0 Å². The van der Waals surface area contributed by atoms with Gasteiger partial charge in [0.05, 0.1) is 11.9 Å². The second kappa shape index (κ2) is 4.61. The number of aromatic nitrogens is 4. The van der Waals surface area contributed by atoms with Crippen LogP contribution in [0, 0.1) is 6.92 Å². The number of hydrogen-bond acceptors (Lipinski definition) is 3. The molecule has 0 N–H and O–H groups in total. The summed E-state index contributed by atoms with van der Waals surface area (Å²) in [6.07, 6.45) is 3.64. The van der Waals surface area contributed by atoms with Crippen molar-refractivity contribution >= 4 is 11.6 Å². The summed E-state index contributed by atoms with van der Waals surface area (Å²) in [4.78, 5) is 4.24. The van der Waals surface area contributed by atoms with Gasteiger partial charge in [-0.3, -0.25) is 9.55 Å². The molecule has 2 aromatic heterocycles. The van der Waals surface area contributed by atoms with Crippen LogP contribution in [0.2, 0.25) is 5.28 Å². The number of hydrogen-bond donors (Lipinski definition) is 0. The molecule has 0 aliphatic heterocycles. The third-order valence-electron chi connectivity index (χ3n) is 2.32. The van der Waals surface area contributed by atoms with Crippen molar-refractivity contribution in [1.82, 2.24) is 19.7 Å². The molecule has 0 atom stereocenters. The highest BCUT2D eigenvalue weighted by Crippen LogP contribution is 2.17. The lowest BCUT2D eigenvalue weighted by atomic mass is 10.3. The lowest BCUT2D eigenvalue weighted by Gasteiger charge is -2.06. The largest absolute Gasteiger partial charge is 0.268 e. The second-order valence-electron chi connectivity index (χ2n) is 3.63. The van der Waals surface area contributed by atoms with E-state index in [1.54, 1.807) is 6.20 Å². The minimum atomic E-state index is 0.383. The second-order valence-corrected chi connectivity index (χ2v) is 3.97. The number of halogens is 1. The summed E-state index contributed by atoms with van der Waals surface area (Å²) < 4.78 is 1.83. The Bertz CT molecular complexity index is 475. The van der Waals surface area contributed by atoms with Gasteiger partial charge in [-0.1, -0.05) is 6.92 Å². The molecule has 0 unspecified atom stereocenters. The molecule has 0 fully saturated rings. The topological polar surface area (TPSA) is 43.6 Å². The molecule has 4 nitrogen and oxygen atoms in total. The molecule has 0 aliphatic rings. The van der Waals surface area contributed by atoms with Gasteiger partial charge in [-0.05, 0) is 37.1 Å². The van der Waals surface area contributed by atoms with E-state index in [9.17, 15) is 0 Å². The first-order valence-electron chi connectivity index (χ1n) is 5.25. The number of pyridine rings is 1. The summed E-state index contributed by atoms with van der Waals surface area (Å²) in [7, 11) is 0. The zero-order valence-corrected chi connectivity index (χ0v) is 10.1. The van der Waals surface area contributed by atoms with Gasteiger partial charge in [0.25, 0.3) is 0 Å². The standard InChI is InChI=1S/C11H13ClN4/c1-3-4-10-14-15-11(12)16(10)9-6-5-8(2)13-7-9/h5-7H,3-4H2,1-2H3. The molecule has 0 amide bonds. The number of aryl methyl sites for hydroxylation is 2. The van der Waals surface area contributed by atoms with Crippen LogP contribution in [-0.2, 0) is 6.42 Å². The van der Waals surface area contributed by atoms with Crippen LogP contribution in [0.1, 0.15) is 24.9 Å². The highest BCUT2D eigenvalue weighted by atomic mass is 35.5. The Morgan fingerprint density at radius 1 is 1.31 bits per heavy atom. The van der Waals surface area contributed by atoms with E-state index in [-0.39, 0.29) is 0 Å². The minimum absolute atomic E-state index is 0.383. The summed E-state index contributed by atoms with van der Waals surface area (Å²) in [5, 5.41) is 8.33. The molecule has 2 heterocycles. The monoisotopic (exact) mass is 236 g/mol. The molecule has 2 rings (SSSR count). The first kappa shape index (κ1) is 11.1. The smallest absolute Gasteiger partial charge is 0.229 e. The van der Waals surface area contributed by atoms with Gasteiger partial charge in [-0.2, -0.15) is 0 Å². The molecule has 84 valence electrons. The maximum absolute atomic E-state index is 6.02. The molecule has 5 heteroatoms. The predicted molar refractivity (Wildman–Crippen MR) is 62.9 cm³/mol. The minimum Gasteiger partial charge on any atom is -0.268 e. The predicted octanol–water partition coefficient (Wildman–Crippen LogP) is 2.58. The summed E-state index contributed by atoms with van der Waals surface area (Å²) in [5.74, 6) is 0.873. The van der Waals surface area contributed by atoms with Crippen molar-refractivity contribution in [2.75, 3.05) is 0 Å². The van der Waals surface area contributed by atoms with Gasteiger partial charge in [0, 0.05) is 12.1 Å². The van der Waals surface area contributed by atoms with Crippen LogP contribution in [0.15, 0.2) is 18.3 Å². The average molecular weight is 237 g/mol. The van der Waals surface area contributed by atoms with Gasteiger partial charge >= 0.3 is 0 Å². The van der Waals surface area contributed by atoms with Crippen LogP contribution in [-0.4, -0.2) is 19.7 Å². The Morgan fingerprint density at radius 3 is 2.75 bits per heavy atom. The van der Waals surface area contributed by atoms with Crippen molar-refractivity contribution in [3.05, 3.63) is 35.1 Å². The Hall–Kier alpha value is -1.42. The zero-order valence-electron chi connectivity index (χ0n) is 9.31. The van der Waals surface area contributed by atoms with Crippen LogP contribution in [0.3, 0.4) is 0 Å². The lowest BCUT2D eigenvalue weighted by molar-refractivity contribution is 0.801. The highest BCUT2D eigenvalue weighted by molar-refractivity contribution is 6.28. The molecule has 0 radical (unpaired) electrons.